The number of halogens is 4. The molecule has 0 radical (unpaired) electrons. The highest BCUT2D eigenvalue weighted by molar-refractivity contribution is 6.45. The first-order valence-electron chi connectivity index (χ1n) is 4.73. The molecule has 1 heterocycles. The summed E-state index contributed by atoms with van der Waals surface area (Å²) in [6.45, 7) is 0. The fourth-order valence-electron chi connectivity index (χ4n) is 1.49. The Kier molecular flexibility index (Phi) is 3.99. The predicted molar refractivity (Wildman–Crippen MR) is 74.4 cm³/mol. The van der Waals surface area contributed by atoms with E-state index in [1.165, 1.54) is 12.3 Å². The molecule has 0 amide bonds. The molecule has 0 N–H and O–H groups in total. The summed E-state index contributed by atoms with van der Waals surface area (Å²) in [4.78, 5) is 3.94. The molecule has 6 heteroatoms. The molecule has 0 aliphatic heterocycles. The molecule has 2 aromatic rings. The average molecular weight is 318 g/mol. The summed E-state index contributed by atoms with van der Waals surface area (Å²) in [7, 11) is 0. The van der Waals surface area contributed by atoms with E-state index < -0.39 is 0 Å². The van der Waals surface area contributed by atoms with Crippen molar-refractivity contribution in [2.24, 2.45) is 0 Å². The van der Waals surface area contributed by atoms with Gasteiger partial charge in [-0.3, -0.25) is 0 Å². The Balaban J connectivity index is 2.77. The number of nitrogens with zero attached hydrogens (tertiary/aromatic N) is 2. The third-order valence-corrected chi connectivity index (χ3v) is 3.47. The molecular formula is C12H4Cl4N2. The highest BCUT2D eigenvalue weighted by Gasteiger charge is 2.14. The van der Waals surface area contributed by atoms with E-state index in [0.29, 0.717) is 31.2 Å². The second-order valence-electron chi connectivity index (χ2n) is 3.41. The summed E-state index contributed by atoms with van der Waals surface area (Å²) >= 11 is 23.9. The summed E-state index contributed by atoms with van der Waals surface area (Å²) < 4.78 is 0. The Morgan fingerprint density at radius 3 is 2.28 bits per heavy atom. The van der Waals surface area contributed by atoms with E-state index in [4.69, 9.17) is 51.7 Å². The Labute approximate surface area is 124 Å². The van der Waals surface area contributed by atoms with Gasteiger partial charge in [0.15, 0.2) is 0 Å². The summed E-state index contributed by atoms with van der Waals surface area (Å²) in [5, 5.41) is 10.5. The minimum Gasteiger partial charge on any atom is -0.243 e. The first kappa shape index (κ1) is 13.5. The summed E-state index contributed by atoms with van der Waals surface area (Å²) in [5.41, 5.74) is 1.24. The maximum atomic E-state index is 9.04. The van der Waals surface area contributed by atoms with Crippen molar-refractivity contribution >= 4 is 46.4 Å². The SMILES string of the molecule is N#Cc1ncc(Cl)cc1-c1cc(Cl)cc(Cl)c1Cl. The zero-order chi connectivity index (χ0) is 13.3. The predicted octanol–water partition coefficient (Wildman–Crippen LogP) is 5.23. The summed E-state index contributed by atoms with van der Waals surface area (Å²) in [6.07, 6.45) is 1.39. The van der Waals surface area contributed by atoms with E-state index in [0.717, 1.165) is 0 Å². The first-order valence-corrected chi connectivity index (χ1v) is 6.24. The molecule has 0 bridgehead atoms. The number of benzene rings is 1. The molecule has 18 heavy (non-hydrogen) atoms. The van der Waals surface area contributed by atoms with Crippen LogP contribution in [0.3, 0.4) is 0 Å². The molecule has 2 rings (SSSR count). The normalized spacial score (nSPS) is 10.2. The van der Waals surface area contributed by atoms with Gasteiger partial charge in [0.25, 0.3) is 0 Å². The van der Waals surface area contributed by atoms with Crippen molar-refractivity contribution in [3.8, 4) is 17.2 Å². The van der Waals surface area contributed by atoms with Crippen molar-refractivity contribution in [3.63, 3.8) is 0 Å². The molecule has 0 saturated heterocycles. The maximum Gasteiger partial charge on any atom is 0.148 e. The fourth-order valence-corrected chi connectivity index (χ4v) is 2.35. The van der Waals surface area contributed by atoms with Gasteiger partial charge in [0.05, 0.1) is 15.1 Å². The second-order valence-corrected chi connectivity index (χ2v) is 5.07. The zero-order valence-corrected chi connectivity index (χ0v) is 11.7. The van der Waals surface area contributed by atoms with Crippen molar-refractivity contribution < 1.29 is 0 Å². The van der Waals surface area contributed by atoms with E-state index in [2.05, 4.69) is 4.98 Å². The Morgan fingerprint density at radius 1 is 0.944 bits per heavy atom. The van der Waals surface area contributed by atoms with Crippen molar-refractivity contribution in [1.29, 1.82) is 5.26 Å². The number of rotatable bonds is 1. The monoisotopic (exact) mass is 316 g/mol. The van der Waals surface area contributed by atoms with Gasteiger partial charge in [0.1, 0.15) is 11.8 Å². The van der Waals surface area contributed by atoms with Crippen LogP contribution in [-0.4, -0.2) is 4.98 Å². The molecule has 0 aliphatic carbocycles. The number of hydrogen-bond donors (Lipinski definition) is 0. The van der Waals surface area contributed by atoms with Crippen LogP contribution in [0.4, 0.5) is 0 Å². The largest absolute Gasteiger partial charge is 0.243 e. The molecule has 90 valence electrons. The average Bonchev–Trinajstić information content (AvgIpc) is 2.33. The van der Waals surface area contributed by atoms with Crippen LogP contribution in [0.25, 0.3) is 11.1 Å². The van der Waals surface area contributed by atoms with Crippen LogP contribution in [0.2, 0.25) is 20.1 Å². The quantitative estimate of drug-likeness (QED) is 0.675. The smallest absolute Gasteiger partial charge is 0.148 e. The maximum absolute atomic E-state index is 9.04. The van der Waals surface area contributed by atoms with Crippen molar-refractivity contribution in [2.45, 2.75) is 0 Å². The van der Waals surface area contributed by atoms with Gasteiger partial charge in [-0.05, 0) is 18.2 Å². The minimum atomic E-state index is 0.208. The van der Waals surface area contributed by atoms with Gasteiger partial charge in [-0.25, -0.2) is 4.98 Å². The summed E-state index contributed by atoms with van der Waals surface area (Å²) in [6, 6.07) is 6.71. The number of hydrogen-bond acceptors (Lipinski definition) is 2. The van der Waals surface area contributed by atoms with Gasteiger partial charge in [0, 0.05) is 22.3 Å². The minimum absolute atomic E-state index is 0.208. The molecule has 2 nitrogen and oxygen atoms in total. The van der Waals surface area contributed by atoms with E-state index >= 15 is 0 Å². The van der Waals surface area contributed by atoms with Crippen LogP contribution in [0, 0.1) is 11.3 Å². The van der Waals surface area contributed by atoms with Crippen LogP contribution in [0.15, 0.2) is 24.4 Å². The second kappa shape index (κ2) is 5.34. The number of pyridine rings is 1. The lowest BCUT2D eigenvalue weighted by Crippen LogP contribution is -1.90. The van der Waals surface area contributed by atoms with Gasteiger partial charge in [-0.15, -0.1) is 0 Å². The molecule has 0 aliphatic rings. The molecule has 0 atom stereocenters. The third-order valence-electron chi connectivity index (χ3n) is 2.24. The van der Waals surface area contributed by atoms with E-state index in [1.807, 2.05) is 6.07 Å². The molecule has 0 fully saturated rings. The first-order chi connectivity index (χ1) is 8.52. The van der Waals surface area contributed by atoms with Gasteiger partial charge in [-0.1, -0.05) is 46.4 Å². The van der Waals surface area contributed by atoms with Crippen LogP contribution in [-0.2, 0) is 0 Å². The molecule has 1 aromatic heterocycles. The lowest BCUT2D eigenvalue weighted by molar-refractivity contribution is 1.26. The highest BCUT2D eigenvalue weighted by atomic mass is 35.5. The Morgan fingerprint density at radius 2 is 1.61 bits per heavy atom. The molecular weight excluding hydrogens is 314 g/mol. The van der Waals surface area contributed by atoms with Crippen molar-refractivity contribution in [1.82, 2.24) is 4.98 Å². The van der Waals surface area contributed by atoms with Gasteiger partial charge >= 0.3 is 0 Å². The Bertz CT molecular complexity index is 662. The molecule has 0 unspecified atom stereocenters. The van der Waals surface area contributed by atoms with Crippen molar-refractivity contribution in [3.05, 3.63) is 50.2 Å². The summed E-state index contributed by atoms with van der Waals surface area (Å²) in [5.74, 6) is 0. The van der Waals surface area contributed by atoms with Crippen LogP contribution in [0.5, 0.6) is 0 Å². The van der Waals surface area contributed by atoms with Crippen molar-refractivity contribution in [2.75, 3.05) is 0 Å². The zero-order valence-electron chi connectivity index (χ0n) is 8.72. The molecule has 0 saturated carbocycles. The number of nitriles is 1. The van der Waals surface area contributed by atoms with Crippen LogP contribution < -0.4 is 0 Å². The standard InChI is InChI=1S/C12H4Cl4N2/c13-6-1-9(12(16)10(15)3-6)8-2-7(14)5-18-11(8)4-17/h1-3,5H. The van der Waals surface area contributed by atoms with Gasteiger partial charge in [0.2, 0.25) is 0 Å². The van der Waals surface area contributed by atoms with E-state index in [-0.39, 0.29) is 5.69 Å². The Hall–Kier alpha value is -0.980. The number of aromatic nitrogens is 1. The molecule has 0 spiro atoms. The van der Waals surface area contributed by atoms with Gasteiger partial charge in [-0.2, -0.15) is 5.26 Å². The molecule has 1 aromatic carbocycles. The van der Waals surface area contributed by atoms with Crippen LogP contribution in [0.1, 0.15) is 5.69 Å². The third kappa shape index (κ3) is 2.55. The lowest BCUT2D eigenvalue weighted by atomic mass is 10.0. The lowest BCUT2D eigenvalue weighted by Gasteiger charge is -2.08. The van der Waals surface area contributed by atoms with Gasteiger partial charge < -0.3 is 0 Å². The highest BCUT2D eigenvalue weighted by Crippen LogP contribution is 2.38. The van der Waals surface area contributed by atoms with Crippen LogP contribution >= 0.6 is 46.4 Å². The topological polar surface area (TPSA) is 36.7 Å². The fraction of sp³-hybridized carbons (Fsp3) is 0. The van der Waals surface area contributed by atoms with E-state index in [1.54, 1.807) is 12.1 Å². The van der Waals surface area contributed by atoms with E-state index in [9.17, 15) is 0 Å².